The predicted molar refractivity (Wildman–Crippen MR) is 76.3 cm³/mol. The number of rotatable bonds is 6. The molecule has 6 heteroatoms. The third-order valence-electron chi connectivity index (χ3n) is 3.48. The zero-order valence-electron chi connectivity index (χ0n) is 12.8. The molecule has 0 saturated carbocycles. The molecule has 1 aliphatic rings. The summed E-state index contributed by atoms with van der Waals surface area (Å²) in [6, 6.07) is 0. The van der Waals surface area contributed by atoms with Crippen LogP contribution in [0.15, 0.2) is 4.52 Å². The van der Waals surface area contributed by atoms with Gasteiger partial charge in [0, 0.05) is 19.7 Å². The van der Waals surface area contributed by atoms with Crippen molar-refractivity contribution in [2.45, 2.75) is 39.8 Å². The summed E-state index contributed by atoms with van der Waals surface area (Å²) in [7, 11) is 0. The van der Waals surface area contributed by atoms with E-state index in [-0.39, 0.29) is 6.10 Å². The molecule has 2 heterocycles. The van der Waals surface area contributed by atoms with E-state index >= 15 is 0 Å². The molecule has 114 valence electrons. The van der Waals surface area contributed by atoms with Crippen LogP contribution in [0.1, 0.15) is 45.0 Å². The summed E-state index contributed by atoms with van der Waals surface area (Å²) in [5.41, 5.74) is 0. The molecule has 1 aromatic rings. The van der Waals surface area contributed by atoms with E-state index in [0.717, 1.165) is 39.1 Å². The van der Waals surface area contributed by atoms with Crippen LogP contribution < -0.4 is 5.32 Å². The predicted octanol–water partition coefficient (Wildman–Crippen LogP) is 1.60. The van der Waals surface area contributed by atoms with E-state index in [1.807, 2.05) is 6.92 Å². The first-order valence-electron chi connectivity index (χ1n) is 7.58. The normalized spacial score (nSPS) is 19.2. The van der Waals surface area contributed by atoms with Crippen molar-refractivity contribution in [2.75, 3.05) is 32.8 Å². The summed E-state index contributed by atoms with van der Waals surface area (Å²) >= 11 is 0. The molecule has 1 aliphatic heterocycles. The number of ether oxygens (including phenoxy) is 1. The molecule has 0 spiro atoms. The molecule has 0 bridgehead atoms. The minimum absolute atomic E-state index is 0.0803. The smallest absolute Gasteiger partial charge is 0.240 e. The molecule has 20 heavy (non-hydrogen) atoms. The summed E-state index contributed by atoms with van der Waals surface area (Å²) in [5.74, 6) is 1.69. The third-order valence-corrected chi connectivity index (χ3v) is 3.48. The first-order valence-corrected chi connectivity index (χ1v) is 7.58. The Balaban J connectivity index is 1.96. The Bertz CT molecular complexity index is 386. The first kappa shape index (κ1) is 15.4. The molecule has 6 nitrogen and oxygen atoms in total. The Labute approximate surface area is 120 Å². The zero-order valence-corrected chi connectivity index (χ0v) is 12.8. The summed E-state index contributed by atoms with van der Waals surface area (Å²) in [6.07, 6.45) is 1.08. The highest BCUT2D eigenvalue weighted by molar-refractivity contribution is 4.93. The molecular formula is C14H26N4O2. The highest BCUT2D eigenvalue weighted by Crippen LogP contribution is 2.23. The largest absolute Gasteiger partial charge is 0.370 e. The molecule has 1 aromatic heterocycles. The van der Waals surface area contributed by atoms with Gasteiger partial charge in [-0.15, -0.1) is 0 Å². The highest BCUT2D eigenvalue weighted by atomic mass is 16.5. The monoisotopic (exact) mass is 282 g/mol. The van der Waals surface area contributed by atoms with E-state index in [1.54, 1.807) is 0 Å². The van der Waals surface area contributed by atoms with Gasteiger partial charge in [-0.25, -0.2) is 0 Å². The number of hydrogen-bond donors (Lipinski definition) is 1. The highest BCUT2D eigenvalue weighted by Gasteiger charge is 2.23. The number of hydrogen-bond acceptors (Lipinski definition) is 6. The maximum atomic E-state index is 5.70. The zero-order chi connectivity index (χ0) is 14.4. The van der Waals surface area contributed by atoms with Crippen molar-refractivity contribution in [1.29, 1.82) is 0 Å². The fourth-order valence-corrected chi connectivity index (χ4v) is 2.44. The van der Waals surface area contributed by atoms with Crippen LogP contribution in [-0.4, -0.2) is 47.8 Å². The summed E-state index contributed by atoms with van der Waals surface area (Å²) in [4.78, 5) is 6.86. The van der Waals surface area contributed by atoms with E-state index in [9.17, 15) is 0 Å². The molecule has 1 atom stereocenters. The lowest BCUT2D eigenvalue weighted by Crippen LogP contribution is -2.27. The van der Waals surface area contributed by atoms with Crippen LogP contribution in [0.25, 0.3) is 0 Å². The molecule has 0 amide bonds. The Morgan fingerprint density at radius 2 is 2.20 bits per heavy atom. The lowest BCUT2D eigenvalue weighted by atomic mass is 10.1. The second-order valence-corrected chi connectivity index (χ2v) is 5.55. The minimum atomic E-state index is -0.0803. The van der Waals surface area contributed by atoms with Crippen molar-refractivity contribution in [2.24, 2.45) is 5.92 Å². The van der Waals surface area contributed by atoms with Gasteiger partial charge in [0.15, 0.2) is 0 Å². The van der Waals surface area contributed by atoms with Crippen molar-refractivity contribution in [3.05, 3.63) is 11.7 Å². The van der Waals surface area contributed by atoms with Gasteiger partial charge in [0.2, 0.25) is 11.7 Å². The maximum Gasteiger partial charge on any atom is 0.240 e. The Kier molecular flexibility index (Phi) is 5.94. The van der Waals surface area contributed by atoms with Gasteiger partial charge in [-0.3, -0.25) is 4.90 Å². The van der Waals surface area contributed by atoms with Crippen LogP contribution in [0, 0.1) is 5.92 Å². The number of nitrogens with one attached hydrogen (secondary N) is 1. The fraction of sp³-hybridized carbons (Fsp3) is 0.857. The quantitative estimate of drug-likeness (QED) is 0.855. The molecule has 0 aromatic carbocycles. The number of aromatic nitrogens is 2. The van der Waals surface area contributed by atoms with Gasteiger partial charge < -0.3 is 14.6 Å². The first-order chi connectivity index (χ1) is 9.70. The Morgan fingerprint density at radius 3 is 2.95 bits per heavy atom. The summed E-state index contributed by atoms with van der Waals surface area (Å²) in [6.45, 7) is 11.8. The molecule has 1 unspecified atom stereocenters. The summed E-state index contributed by atoms with van der Waals surface area (Å²) in [5, 5.41) is 7.48. The van der Waals surface area contributed by atoms with Gasteiger partial charge in [0.05, 0.1) is 6.54 Å². The molecule has 0 aliphatic carbocycles. The van der Waals surface area contributed by atoms with Gasteiger partial charge in [0.1, 0.15) is 6.10 Å². The van der Waals surface area contributed by atoms with E-state index in [4.69, 9.17) is 9.26 Å². The average molecular weight is 282 g/mol. The van der Waals surface area contributed by atoms with Crippen LogP contribution >= 0.6 is 0 Å². The molecular weight excluding hydrogens is 256 g/mol. The molecule has 1 fully saturated rings. The van der Waals surface area contributed by atoms with Crippen molar-refractivity contribution in [1.82, 2.24) is 20.4 Å². The lowest BCUT2D eigenvalue weighted by molar-refractivity contribution is 0.0217. The standard InChI is InChI=1S/C14H26N4O2/c1-4-19-13(11(2)3)14-16-12(20-17-14)10-18-8-5-6-15-7-9-18/h11,13,15H,4-10H2,1-3H3. The molecule has 1 N–H and O–H groups in total. The van der Waals surface area contributed by atoms with E-state index < -0.39 is 0 Å². The van der Waals surface area contributed by atoms with E-state index in [2.05, 4.69) is 34.2 Å². The molecule has 1 saturated heterocycles. The van der Waals surface area contributed by atoms with Gasteiger partial charge in [-0.1, -0.05) is 19.0 Å². The SMILES string of the molecule is CCOC(c1noc(CN2CCCNCC2)n1)C(C)C. The maximum absolute atomic E-state index is 5.70. The Morgan fingerprint density at radius 1 is 1.35 bits per heavy atom. The van der Waals surface area contributed by atoms with Crippen molar-refractivity contribution >= 4 is 0 Å². The fourth-order valence-electron chi connectivity index (χ4n) is 2.44. The lowest BCUT2D eigenvalue weighted by Gasteiger charge is -2.17. The van der Waals surface area contributed by atoms with Crippen LogP contribution in [0.2, 0.25) is 0 Å². The third kappa shape index (κ3) is 4.26. The van der Waals surface area contributed by atoms with Crippen molar-refractivity contribution < 1.29 is 9.26 Å². The van der Waals surface area contributed by atoms with Crippen LogP contribution in [-0.2, 0) is 11.3 Å². The van der Waals surface area contributed by atoms with Crippen molar-refractivity contribution in [3.8, 4) is 0 Å². The Hall–Kier alpha value is -0.980. The van der Waals surface area contributed by atoms with Gasteiger partial charge in [-0.2, -0.15) is 4.98 Å². The average Bonchev–Trinajstić information content (AvgIpc) is 2.71. The van der Waals surface area contributed by atoms with Gasteiger partial charge >= 0.3 is 0 Å². The second kappa shape index (κ2) is 7.71. The van der Waals surface area contributed by atoms with E-state index in [0.29, 0.717) is 24.2 Å². The topological polar surface area (TPSA) is 63.4 Å². The van der Waals surface area contributed by atoms with Crippen LogP contribution in [0.5, 0.6) is 0 Å². The second-order valence-electron chi connectivity index (χ2n) is 5.55. The van der Waals surface area contributed by atoms with Crippen LogP contribution in [0.3, 0.4) is 0 Å². The summed E-state index contributed by atoms with van der Waals surface area (Å²) < 4.78 is 11.1. The van der Waals surface area contributed by atoms with Gasteiger partial charge in [0.25, 0.3) is 0 Å². The van der Waals surface area contributed by atoms with E-state index in [1.165, 1.54) is 0 Å². The number of nitrogens with zero attached hydrogens (tertiary/aromatic N) is 3. The molecule has 0 radical (unpaired) electrons. The van der Waals surface area contributed by atoms with Gasteiger partial charge in [-0.05, 0) is 32.4 Å². The molecule has 2 rings (SSSR count). The van der Waals surface area contributed by atoms with Crippen LogP contribution in [0.4, 0.5) is 0 Å². The minimum Gasteiger partial charge on any atom is -0.370 e. The van der Waals surface area contributed by atoms with Crippen molar-refractivity contribution in [3.63, 3.8) is 0 Å².